The summed E-state index contributed by atoms with van der Waals surface area (Å²) in [4.78, 5) is 15.5. The van der Waals surface area contributed by atoms with Crippen molar-refractivity contribution < 1.29 is 9.53 Å². The Labute approximate surface area is 153 Å². The number of thiophene rings is 1. The lowest BCUT2D eigenvalue weighted by Crippen LogP contribution is -2.48. The predicted molar refractivity (Wildman–Crippen MR) is 101 cm³/mol. The minimum absolute atomic E-state index is 0.0457. The van der Waals surface area contributed by atoms with Crippen molar-refractivity contribution in [1.82, 2.24) is 4.90 Å². The molecule has 0 aliphatic carbocycles. The zero-order chi connectivity index (χ0) is 17.3. The molecular formula is C21H25NO2S. The van der Waals surface area contributed by atoms with Gasteiger partial charge in [-0.2, -0.15) is 0 Å². The van der Waals surface area contributed by atoms with Gasteiger partial charge < -0.3 is 4.74 Å². The number of likely N-dealkylation sites (tertiary alicyclic amines) is 1. The lowest BCUT2D eigenvalue weighted by atomic mass is 9.81. The van der Waals surface area contributed by atoms with Gasteiger partial charge >= 0.3 is 0 Å². The first-order valence-corrected chi connectivity index (χ1v) is 10.0. The Hall–Kier alpha value is -1.49. The summed E-state index contributed by atoms with van der Waals surface area (Å²) in [5.41, 5.74) is 2.58. The Morgan fingerprint density at radius 2 is 2.00 bits per heavy atom. The number of ketones is 1. The molecule has 1 saturated heterocycles. The third kappa shape index (κ3) is 3.57. The van der Waals surface area contributed by atoms with Crippen LogP contribution in [0.2, 0.25) is 0 Å². The van der Waals surface area contributed by atoms with Gasteiger partial charge in [0, 0.05) is 37.4 Å². The van der Waals surface area contributed by atoms with E-state index in [1.165, 1.54) is 16.0 Å². The van der Waals surface area contributed by atoms with Gasteiger partial charge in [-0.1, -0.05) is 30.3 Å². The summed E-state index contributed by atoms with van der Waals surface area (Å²) in [5, 5.41) is 2.18. The number of benzene rings is 1. The molecule has 132 valence electrons. The van der Waals surface area contributed by atoms with Gasteiger partial charge in [-0.15, -0.1) is 11.3 Å². The summed E-state index contributed by atoms with van der Waals surface area (Å²) < 4.78 is 6.57. The Kier molecular flexibility index (Phi) is 4.76. The summed E-state index contributed by atoms with van der Waals surface area (Å²) >= 11 is 1.82. The van der Waals surface area contributed by atoms with E-state index < -0.39 is 0 Å². The Balaban J connectivity index is 1.48. The molecule has 3 nitrogen and oxygen atoms in total. The molecule has 2 aromatic rings. The van der Waals surface area contributed by atoms with E-state index in [2.05, 4.69) is 46.7 Å². The van der Waals surface area contributed by atoms with Gasteiger partial charge in [0.2, 0.25) is 0 Å². The van der Waals surface area contributed by atoms with Gasteiger partial charge in [0.15, 0.2) is 0 Å². The Bertz CT molecular complexity index is 731. The van der Waals surface area contributed by atoms with E-state index in [1.54, 1.807) is 6.92 Å². The van der Waals surface area contributed by atoms with Crippen LogP contribution in [-0.2, 0) is 28.1 Å². The molecule has 4 heteroatoms. The molecular weight excluding hydrogens is 330 g/mol. The van der Waals surface area contributed by atoms with Crippen molar-refractivity contribution in [2.45, 2.75) is 50.9 Å². The summed E-state index contributed by atoms with van der Waals surface area (Å²) in [6, 6.07) is 12.9. The van der Waals surface area contributed by atoms with E-state index in [9.17, 15) is 4.79 Å². The zero-order valence-electron chi connectivity index (χ0n) is 14.7. The topological polar surface area (TPSA) is 29.5 Å². The Morgan fingerprint density at radius 3 is 2.72 bits per heavy atom. The van der Waals surface area contributed by atoms with Crippen LogP contribution in [0.5, 0.6) is 0 Å². The maximum atomic E-state index is 11.6. The van der Waals surface area contributed by atoms with Crippen LogP contribution >= 0.6 is 11.3 Å². The highest BCUT2D eigenvalue weighted by Gasteiger charge is 2.44. The molecule has 0 bridgehead atoms. The Morgan fingerprint density at radius 1 is 1.24 bits per heavy atom. The quantitative estimate of drug-likeness (QED) is 0.825. The lowest BCUT2D eigenvalue weighted by molar-refractivity contribution is -0.148. The predicted octanol–water partition coefficient (Wildman–Crippen LogP) is 4.16. The molecule has 1 atom stereocenters. The first-order valence-electron chi connectivity index (χ1n) is 9.15. The summed E-state index contributed by atoms with van der Waals surface area (Å²) in [5.74, 6) is 0.224. The van der Waals surface area contributed by atoms with E-state index in [1.807, 2.05) is 11.3 Å². The minimum atomic E-state index is -0.180. The van der Waals surface area contributed by atoms with Gasteiger partial charge in [0.05, 0.1) is 11.7 Å². The summed E-state index contributed by atoms with van der Waals surface area (Å²) in [6.45, 7) is 4.75. The average Bonchev–Trinajstić information content (AvgIpc) is 3.07. The average molecular weight is 356 g/mol. The monoisotopic (exact) mass is 355 g/mol. The number of carbonyl (C=O) groups excluding carboxylic acids is 1. The number of carbonyl (C=O) groups is 1. The molecule has 1 unspecified atom stereocenters. The van der Waals surface area contributed by atoms with Crippen molar-refractivity contribution >= 4 is 17.1 Å². The number of Topliss-reactive ketones (excluding diaryl/α,β-unsaturated/α-hetero) is 1. The largest absolute Gasteiger partial charge is 0.366 e. The van der Waals surface area contributed by atoms with Crippen LogP contribution in [0.3, 0.4) is 0 Å². The molecule has 25 heavy (non-hydrogen) atoms. The summed E-state index contributed by atoms with van der Waals surface area (Å²) in [7, 11) is 0. The van der Waals surface area contributed by atoms with Gasteiger partial charge in [-0.25, -0.2) is 0 Å². The molecule has 4 rings (SSSR count). The third-order valence-electron chi connectivity index (χ3n) is 5.47. The van der Waals surface area contributed by atoms with Crippen LogP contribution in [0.1, 0.15) is 42.2 Å². The van der Waals surface area contributed by atoms with Crippen molar-refractivity contribution in [3.8, 4) is 0 Å². The number of rotatable bonds is 4. The number of fused-ring (bicyclic) bond motifs is 2. The number of nitrogens with zero attached hydrogens (tertiary/aromatic N) is 1. The molecule has 1 fully saturated rings. The van der Waals surface area contributed by atoms with Crippen molar-refractivity contribution in [2.75, 3.05) is 13.1 Å². The molecule has 2 aliphatic heterocycles. The van der Waals surface area contributed by atoms with Gasteiger partial charge in [0.25, 0.3) is 0 Å². The highest BCUT2D eigenvalue weighted by molar-refractivity contribution is 7.10. The standard InChI is InChI=1S/C21H25NO2S/c1-16(23)13-18-14-20-19(7-12-25-20)21(24-18)8-10-22(11-9-21)15-17-5-3-2-4-6-17/h2-7,12,18H,8-11,13-15H2,1H3. The first kappa shape index (κ1) is 17.0. The van der Waals surface area contributed by atoms with Crippen molar-refractivity contribution in [1.29, 1.82) is 0 Å². The fourth-order valence-electron chi connectivity index (χ4n) is 4.27. The first-order chi connectivity index (χ1) is 12.1. The van der Waals surface area contributed by atoms with E-state index >= 15 is 0 Å². The third-order valence-corrected chi connectivity index (χ3v) is 6.41. The lowest BCUT2D eigenvalue weighted by Gasteiger charge is -2.46. The molecule has 1 aromatic carbocycles. The van der Waals surface area contributed by atoms with E-state index in [0.29, 0.717) is 6.42 Å². The van der Waals surface area contributed by atoms with Crippen LogP contribution in [0, 0.1) is 0 Å². The second kappa shape index (κ2) is 7.02. The number of hydrogen-bond donors (Lipinski definition) is 0. The molecule has 1 spiro atoms. The molecule has 0 radical (unpaired) electrons. The minimum Gasteiger partial charge on any atom is -0.366 e. The molecule has 3 heterocycles. The van der Waals surface area contributed by atoms with E-state index in [0.717, 1.165) is 38.9 Å². The number of hydrogen-bond acceptors (Lipinski definition) is 4. The normalized spacial score (nSPS) is 22.7. The maximum Gasteiger partial charge on any atom is 0.132 e. The van der Waals surface area contributed by atoms with Crippen LogP contribution in [0.15, 0.2) is 41.8 Å². The number of piperidine rings is 1. The highest BCUT2D eigenvalue weighted by Crippen LogP contribution is 2.45. The van der Waals surface area contributed by atoms with E-state index in [-0.39, 0.29) is 17.5 Å². The van der Waals surface area contributed by atoms with E-state index in [4.69, 9.17) is 4.74 Å². The molecule has 0 amide bonds. The molecule has 1 aromatic heterocycles. The fraction of sp³-hybridized carbons (Fsp3) is 0.476. The SMILES string of the molecule is CC(=O)CC1Cc2sccc2C2(CCN(Cc3ccccc3)CC2)O1. The number of ether oxygens (including phenoxy) is 1. The van der Waals surface area contributed by atoms with Crippen molar-refractivity contribution in [2.24, 2.45) is 0 Å². The van der Waals surface area contributed by atoms with Gasteiger partial charge in [-0.3, -0.25) is 9.69 Å². The van der Waals surface area contributed by atoms with Crippen LogP contribution < -0.4 is 0 Å². The van der Waals surface area contributed by atoms with Crippen molar-refractivity contribution in [3.63, 3.8) is 0 Å². The highest BCUT2D eigenvalue weighted by atomic mass is 32.1. The smallest absolute Gasteiger partial charge is 0.132 e. The van der Waals surface area contributed by atoms with Gasteiger partial charge in [0.1, 0.15) is 5.78 Å². The molecule has 2 aliphatic rings. The second-order valence-corrected chi connectivity index (χ2v) is 8.36. The zero-order valence-corrected chi connectivity index (χ0v) is 15.6. The van der Waals surface area contributed by atoms with Crippen LogP contribution in [0.4, 0.5) is 0 Å². The van der Waals surface area contributed by atoms with Gasteiger partial charge in [-0.05, 0) is 42.3 Å². The molecule has 0 saturated carbocycles. The summed E-state index contributed by atoms with van der Waals surface area (Å²) in [6.07, 6.45) is 3.49. The molecule has 0 N–H and O–H groups in total. The van der Waals surface area contributed by atoms with Crippen LogP contribution in [-0.4, -0.2) is 29.9 Å². The van der Waals surface area contributed by atoms with Crippen LogP contribution in [0.25, 0.3) is 0 Å². The second-order valence-electron chi connectivity index (χ2n) is 7.36. The van der Waals surface area contributed by atoms with Crippen molar-refractivity contribution in [3.05, 3.63) is 57.8 Å². The maximum absolute atomic E-state index is 11.6. The fourth-order valence-corrected chi connectivity index (χ4v) is 5.30.